The number of fused-ring (bicyclic) bond motifs is 1. The van der Waals surface area contributed by atoms with Gasteiger partial charge in [0, 0.05) is 12.5 Å². The molecule has 172 valence electrons. The number of amides is 2. The maximum Gasteiger partial charge on any atom is 0.389 e. The third-order valence-electron chi connectivity index (χ3n) is 5.54. The van der Waals surface area contributed by atoms with Crippen LogP contribution < -0.4 is 4.90 Å². The molecular formula is C22H22F3NO6. The van der Waals surface area contributed by atoms with Gasteiger partial charge in [0.15, 0.2) is 0 Å². The SMILES string of the molecule is O=COC1CCC2C(=O)N(c3ccc(C=CC(=O)OCCCC(F)(F)F)cc3)C(=O)C2C1. The van der Waals surface area contributed by atoms with Gasteiger partial charge >= 0.3 is 12.1 Å². The maximum atomic E-state index is 12.8. The maximum absolute atomic E-state index is 12.8. The van der Waals surface area contributed by atoms with Crippen molar-refractivity contribution in [2.24, 2.45) is 11.8 Å². The van der Waals surface area contributed by atoms with Crippen molar-refractivity contribution in [3.05, 3.63) is 35.9 Å². The van der Waals surface area contributed by atoms with Crippen LogP contribution in [0.2, 0.25) is 0 Å². The number of benzene rings is 1. The predicted molar refractivity (Wildman–Crippen MR) is 106 cm³/mol. The first-order valence-electron chi connectivity index (χ1n) is 10.2. The number of alkyl halides is 3. The van der Waals surface area contributed by atoms with E-state index < -0.39 is 30.4 Å². The molecule has 1 saturated heterocycles. The molecule has 10 heteroatoms. The number of nitrogens with zero attached hydrogens (tertiary/aromatic N) is 1. The van der Waals surface area contributed by atoms with Crippen LogP contribution in [-0.2, 0) is 28.7 Å². The molecule has 1 aromatic rings. The first-order chi connectivity index (χ1) is 15.2. The number of esters is 1. The second kappa shape index (κ2) is 9.97. The second-order valence-corrected chi connectivity index (χ2v) is 7.70. The quantitative estimate of drug-likeness (QED) is 0.197. The molecule has 0 spiro atoms. The number of hydrogen-bond donors (Lipinski definition) is 0. The van der Waals surface area contributed by atoms with Gasteiger partial charge in [-0.15, -0.1) is 0 Å². The van der Waals surface area contributed by atoms with Crippen LogP contribution in [0.1, 0.15) is 37.7 Å². The van der Waals surface area contributed by atoms with Crippen molar-refractivity contribution < 1.29 is 41.8 Å². The zero-order valence-electron chi connectivity index (χ0n) is 17.0. The fraction of sp³-hybridized carbons (Fsp3) is 0.455. The molecule has 3 unspecified atom stereocenters. The van der Waals surface area contributed by atoms with Crippen molar-refractivity contribution in [1.29, 1.82) is 0 Å². The van der Waals surface area contributed by atoms with Crippen LogP contribution in [0, 0.1) is 11.8 Å². The van der Waals surface area contributed by atoms with Crippen LogP contribution in [0.15, 0.2) is 30.3 Å². The van der Waals surface area contributed by atoms with Crippen molar-refractivity contribution >= 4 is 36.0 Å². The lowest BCUT2D eigenvalue weighted by Crippen LogP contribution is -2.31. The van der Waals surface area contributed by atoms with Crippen LogP contribution in [-0.4, -0.2) is 43.1 Å². The first-order valence-corrected chi connectivity index (χ1v) is 10.2. The lowest BCUT2D eigenvalue weighted by atomic mass is 9.79. The molecule has 32 heavy (non-hydrogen) atoms. The zero-order chi connectivity index (χ0) is 23.3. The topological polar surface area (TPSA) is 90.0 Å². The molecule has 0 bridgehead atoms. The summed E-state index contributed by atoms with van der Waals surface area (Å²) in [6, 6.07) is 6.34. The van der Waals surface area contributed by atoms with Crippen molar-refractivity contribution in [2.45, 2.75) is 44.4 Å². The smallest absolute Gasteiger partial charge is 0.389 e. The van der Waals surface area contributed by atoms with Gasteiger partial charge in [0.25, 0.3) is 6.47 Å². The number of rotatable bonds is 8. The molecule has 1 saturated carbocycles. The van der Waals surface area contributed by atoms with Gasteiger partial charge in [0.1, 0.15) is 6.10 Å². The summed E-state index contributed by atoms with van der Waals surface area (Å²) in [5.41, 5.74) is 0.978. The monoisotopic (exact) mass is 453 g/mol. The summed E-state index contributed by atoms with van der Waals surface area (Å²) in [7, 11) is 0. The molecule has 0 aromatic heterocycles. The van der Waals surface area contributed by atoms with Crippen molar-refractivity contribution in [2.75, 3.05) is 11.5 Å². The molecule has 3 rings (SSSR count). The Kier molecular flexibility index (Phi) is 7.32. The Morgan fingerprint density at radius 3 is 2.44 bits per heavy atom. The minimum absolute atomic E-state index is 0.282. The van der Waals surface area contributed by atoms with E-state index in [1.165, 1.54) is 6.08 Å². The van der Waals surface area contributed by atoms with Gasteiger partial charge in [-0.2, -0.15) is 13.2 Å². The lowest BCUT2D eigenvalue weighted by Gasteiger charge is -2.26. The highest BCUT2D eigenvalue weighted by atomic mass is 19.4. The van der Waals surface area contributed by atoms with Crippen molar-refractivity contribution in [3.8, 4) is 0 Å². The summed E-state index contributed by atoms with van der Waals surface area (Å²) in [6.07, 6.45) is -2.15. The van der Waals surface area contributed by atoms with Crippen molar-refractivity contribution in [1.82, 2.24) is 0 Å². The summed E-state index contributed by atoms with van der Waals surface area (Å²) >= 11 is 0. The fourth-order valence-electron chi connectivity index (χ4n) is 3.99. The Bertz CT molecular complexity index is 896. The Balaban J connectivity index is 1.56. The molecule has 0 N–H and O–H groups in total. The van der Waals surface area contributed by atoms with E-state index in [1.807, 2.05) is 0 Å². The number of carbonyl (C=O) groups excluding carboxylic acids is 4. The summed E-state index contributed by atoms with van der Waals surface area (Å²) in [5.74, 6) is -2.33. The summed E-state index contributed by atoms with van der Waals surface area (Å²) < 4.78 is 45.9. The molecular weight excluding hydrogens is 431 g/mol. The Labute approximate surface area is 182 Å². The largest absolute Gasteiger partial charge is 0.465 e. The fourth-order valence-corrected chi connectivity index (χ4v) is 3.99. The molecule has 0 radical (unpaired) electrons. The minimum atomic E-state index is -4.29. The van der Waals surface area contributed by atoms with E-state index in [1.54, 1.807) is 24.3 Å². The van der Waals surface area contributed by atoms with Gasteiger partial charge in [-0.1, -0.05) is 12.1 Å². The van der Waals surface area contributed by atoms with Gasteiger partial charge < -0.3 is 9.47 Å². The number of carbonyl (C=O) groups is 4. The average molecular weight is 453 g/mol. The van der Waals surface area contributed by atoms with E-state index in [9.17, 15) is 32.3 Å². The number of anilines is 1. The van der Waals surface area contributed by atoms with Gasteiger partial charge in [-0.3, -0.25) is 19.3 Å². The first kappa shape index (κ1) is 23.5. The van der Waals surface area contributed by atoms with Crippen LogP contribution in [0.4, 0.5) is 18.9 Å². The molecule has 2 fully saturated rings. The highest BCUT2D eigenvalue weighted by Crippen LogP contribution is 2.41. The molecule has 1 aliphatic heterocycles. The molecule has 1 heterocycles. The summed E-state index contributed by atoms with van der Waals surface area (Å²) in [4.78, 5) is 48.9. The Hall–Kier alpha value is -3.17. The van der Waals surface area contributed by atoms with Crippen LogP contribution in [0.3, 0.4) is 0 Å². The number of ether oxygens (including phenoxy) is 2. The number of hydrogen-bond acceptors (Lipinski definition) is 6. The second-order valence-electron chi connectivity index (χ2n) is 7.70. The molecule has 1 aliphatic carbocycles. The Morgan fingerprint density at radius 2 is 1.78 bits per heavy atom. The molecule has 1 aromatic carbocycles. The molecule has 2 aliphatic rings. The highest BCUT2D eigenvalue weighted by molar-refractivity contribution is 6.22. The van der Waals surface area contributed by atoms with E-state index in [4.69, 9.17) is 9.47 Å². The van der Waals surface area contributed by atoms with E-state index in [0.717, 1.165) is 11.0 Å². The van der Waals surface area contributed by atoms with Crippen molar-refractivity contribution in [3.63, 3.8) is 0 Å². The molecule has 7 nitrogen and oxygen atoms in total. The third-order valence-corrected chi connectivity index (χ3v) is 5.54. The molecule has 2 amide bonds. The average Bonchev–Trinajstić information content (AvgIpc) is 2.99. The minimum Gasteiger partial charge on any atom is -0.465 e. The molecule has 3 atom stereocenters. The van der Waals surface area contributed by atoms with E-state index >= 15 is 0 Å². The highest BCUT2D eigenvalue weighted by Gasteiger charge is 2.51. The zero-order valence-corrected chi connectivity index (χ0v) is 17.0. The lowest BCUT2D eigenvalue weighted by molar-refractivity contribution is -0.146. The van der Waals surface area contributed by atoms with E-state index in [-0.39, 0.29) is 30.9 Å². The van der Waals surface area contributed by atoms with Gasteiger partial charge in [0.05, 0.1) is 24.1 Å². The van der Waals surface area contributed by atoms with Crippen LogP contribution in [0.25, 0.3) is 6.08 Å². The van der Waals surface area contributed by atoms with E-state index in [0.29, 0.717) is 37.0 Å². The van der Waals surface area contributed by atoms with E-state index in [2.05, 4.69) is 0 Å². The van der Waals surface area contributed by atoms with Gasteiger partial charge in [-0.05, 0) is 49.5 Å². The van der Waals surface area contributed by atoms with Gasteiger partial charge in [0.2, 0.25) is 11.8 Å². The third kappa shape index (κ3) is 5.74. The Morgan fingerprint density at radius 1 is 1.09 bits per heavy atom. The predicted octanol–water partition coefficient (Wildman–Crippen LogP) is 3.42. The number of halogens is 3. The van der Waals surface area contributed by atoms with Crippen LogP contribution >= 0.6 is 0 Å². The number of imide groups is 1. The normalized spacial score (nSPS) is 23.3. The van der Waals surface area contributed by atoms with Gasteiger partial charge in [-0.25, -0.2) is 4.79 Å². The standard InChI is InChI=1S/C22H22F3NO6/c23-22(24,25)10-1-11-31-19(28)9-4-14-2-5-15(6-3-14)26-20(29)17-8-7-16(32-13-27)12-18(17)21(26)30/h2-6,9,13,16-18H,1,7-8,10-12H2. The van der Waals surface area contributed by atoms with Crippen LogP contribution in [0.5, 0.6) is 0 Å². The summed E-state index contributed by atoms with van der Waals surface area (Å²) in [6.45, 7) is 0.0243. The summed E-state index contributed by atoms with van der Waals surface area (Å²) in [5, 5.41) is 0.